The molecule has 1 aromatic heterocycles. The van der Waals surface area contributed by atoms with Crippen LogP contribution in [0, 0.1) is 5.41 Å². The summed E-state index contributed by atoms with van der Waals surface area (Å²) >= 11 is 0. The lowest BCUT2D eigenvalue weighted by atomic mass is 10.2. The first-order chi connectivity index (χ1) is 5.90. The fourth-order valence-electron chi connectivity index (χ4n) is 1.10. The highest BCUT2D eigenvalue weighted by molar-refractivity contribution is 5.85. The zero-order valence-electron chi connectivity index (χ0n) is 6.75. The Balaban J connectivity index is 2.20. The molecule has 0 atom stereocenters. The van der Waals surface area contributed by atoms with E-state index in [2.05, 4.69) is 10.3 Å². The van der Waals surface area contributed by atoms with Crippen LogP contribution in [0.1, 0.15) is 18.4 Å². The summed E-state index contributed by atoms with van der Waals surface area (Å²) in [5, 5.41) is 10.5. The molecule has 12 heavy (non-hydrogen) atoms. The predicted molar refractivity (Wildman–Crippen MR) is 48.8 cm³/mol. The minimum Gasteiger partial charge on any atom is -0.381 e. The average molecular weight is 161 g/mol. The van der Waals surface area contributed by atoms with E-state index in [1.54, 1.807) is 12.4 Å². The maximum absolute atomic E-state index is 7.16. The molecular weight excluding hydrogens is 150 g/mol. The maximum Gasteiger partial charge on any atom is 0.0617 e. The first-order valence-electron chi connectivity index (χ1n) is 4.11. The summed E-state index contributed by atoms with van der Waals surface area (Å²) in [6, 6.07) is 2.46. The maximum atomic E-state index is 7.16. The van der Waals surface area contributed by atoms with Crippen molar-refractivity contribution in [2.45, 2.75) is 18.9 Å². The van der Waals surface area contributed by atoms with Crippen LogP contribution in [0.25, 0.3) is 0 Å². The second-order valence-electron chi connectivity index (χ2n) is 3.03. The number of pyridine rings is 1. The molecule has 2 rings (SSSR count). The molecule has 1 saturated carbocycles. The second-order valence-corrected chi connectivity index (χ2v) is 3.03. The summed E-state index contributed by atoms with van der Waals surface area (Å²) in [7, 11) is 0. The number of anilines is 1. The molecule has 1 heterocycles. The van der Waals surface area contributed by atoms with Crippen LogP contribution in [-0.4, -0.2) is 17.2 Å². The van der Waals surface area contributed by atoms with Gasteiger partial charge in [-0.1, -0.05) is 0 Å². The summed E-state index contributed by atoms with van der Waals surface area (Å²) in [5.74, 6) is 0. The largest absolute Gasteiger partial charge is 0.381 e. The number of nitrogens with one attached hydrogen (secondary N) is 2. The molecule has 0 bridgehead atoms. The zero-order chi connectivity index (χ0) is 8.39. The van der Waals surface area contributed by atoms with Crippen molar-refractivity contribution < 1.29 is 0 Å². The van der Waals surface area contributed by atoms with Crippen LogP contribution in [0.15, 0.2) is 18.5 Å². The van der Waals surface area contributed by atoms with Gasteiger partial charge in [-0.15, -0.1) is 0 Å². The van der Waals surface area contributed by atoms with Gasteiger partial charge in [0.05, 0.1) is 11.9 Å². The van der Waals surface area contributed by atoms with E-state index in [1.807, 2.05) is 6.07 Å². The van der Waals surface area contributed by atoms with E-state index in [1.165, 1.54) is 19.1 Å². The quantitative estimate of drug-likeness (QED) is 0.662. The van der Waals surface area contributed by atoms with Crippen molar-refractivity contribution in [3.8, 4) is 0 Å². The Labute approximate surface area is 71.3 Å². The minimum atomic E-state index is 0.618. The number of nitrogens with zero attached hydrogens (tertiary/aromatic N) is 1. The van der Waals surface area contributed by atoms with Crippen LogP contribution in [0.2, 0.25) is 0 Å². The van der Waals surface area contributed by atoms with Crippen LogP contribution in [0.4, 0.5) is 5.69 Å². The van der Waals surface area contributed by atoms with Crippen molar-refractivity contribution in [1.29, 1.82) is 5.41 Å². The molecule has 3 nitrogen and oxygen atoms in total. The van der Waals surface area contributed by atoms with Crippen LogP contribution in [-0.2, 0) is 0 Å². The molecule has 0 spiro atoms. The Hall–Kier alpha value is -1.38. The van der Waals surface area contributed by atoms with Crippen LogP contribution in [0.5, 0.6) is 0 Å². The van der Waals surface area contributed by atoms with E-state index in [4.69, 9.17) is 5.41 Å². The highest BCUT2D eigenvalue weighted by atomic mass is 15.0. The second kappa shape index (κ2) is 2.93. The molecule has 3 heteroatoms. The predicted octanol–water partition coefficient (Wildman–Crippen LogP) is 1.65. The third kappa shape index (κ3) is 1.44. The number of hydrogen-bond donors (Lipinski definition) is 2. The molecule has 0 amide bonds. The number of rotatable bonds is 3. The van der Waals surface area contributed by atoms with Gasteiger partial charge in [-0.3, -0.25) is 4.98 Å². The zero-order valence-corrected chi connectivity index (χ0v) is 6.75. The van der Waals surface area contributed by atoms with Crippen molar-refractivity contribution in [3.63, 3.8) is 0 Å². The van der Waals surface area contributed by atoms with Crippen LogP contribution in [0.3, 0.4) is 0 Å². The third-order valence-electron chi connectivity index (χ3n) is 1.95. The Morgan fingerprint density at radius 3 is 3.08 bits per heavy atom. The first kappa shape index (κ1) is 7.28. The fourth-order valence-corrected chi connectivity index (χ4v) is 1.10. The van der Waals surface area contributed by atoms with Gasteiger partial charge in [0.1, 0.15) is 0 Å². The van der Waals surface area contributed by atoms with Gasteiger partial charge in [-0.05, 0) is 18.9 Å². The van der Waals surface area contributed by atoms with Gasteiger partial charge in [0, 0.05) is 24.0 Å². The fraction of sp³-hybridized carbons (Fsp3) is 0.333. The SMILES string of the molecule is N=Cc1ccncc1NC1CC1. The van der Waals surface area contributed by atoms with Gasteiger partial charge < -0.3 is 10.7 Å². The lowest BCUT2D eigenvalue weighted by Gasteiger charge is -2.05. The van der Waals surface area contributed by atoms with E-state index in [0.29, 0.717) is 6.04 Å². The molecular formula is C9H11N3. The normalized spacial score (nSPS) is 15.7. The molecule has 0 aromatic carbocycles. The van der Waals surface area contributed by atoms with Gasteiger partial charge in [0.15, 0.2) is 0 Å². The third-order valence-corrected chi connectivity index (χ3v) is 1.95. The lowest BCUT2D eigenvalue weighted by Crippen LogP contribution is -2.03. The van der Waals surface area contributed by atoms with E-state index < -0.39 is 0 Å². The van der Waals surface area contributed by atoms with E-state index >= 15 is 0 Å². The topological polar surface area (TPSA) is 48.8 Å². The summed E-state index contributed by atoms with van der Waals surface area (Å²) < 4.78 is 0. The molecule has 0 saturated heterocycles. The lowest BCUT2D eigenvalue weighted by molar-refractivity contribution is 1.14. The number of hydrogen-bond acceptors (Lipinski definition) is 3. The smallest absolute Gasteiger partial charge is 0.0617 e. The van der Waals surface area contributed by atoms with E-state index in [0.717, 1.165) is 11.3 Å². The van der Waals surface area contributed by atoms with Crippen LogP contribution >= 0.6 is 0 Å². The Kier molecular flexibility index (Phi) is 1.78. The molecule has 0 aliphatic heterocycles. The van der Waals surface area contributed by atoms with Gasteiger partial charge in [-0.2, -0.15) is 0 Å². The molecule has 1 aliphatic rings. The molecule has 62 valence electrons. The molecule has 0 unspecified atom stereocenters. The molecule has 1 fully saturated rings. The van der Waals surface area contributed by atoms with Crippen molar-refractivity contribution in [3.05, 3.63) is 24.0 Å². The molecule has 1 aromatic rings. The molecule has 0 radical (unpaired) electrons. The Morgan fingerprint density at radius 1 is 1.58 bits per heavy atom. The van der Waals surface area contributed by atoms with E-state index in [-0.39, 0.29) is 0 Å². The standard InChI is InChI=1S/C9H11N3/c10-5-7-3-4-11-6-9(7)12-8-1-2-8/h3-6,8,10,12H,1-2H2. The Bertz CT molecular complexity index is 292. The van der Waals surface area contributed by atoms with E-state index in [9.17, 15) is 0 Å². The highest BCUT2D eigenvalue weighted by Gasteiger charge is 2.21. The summed E-state index contributed by atoms with van der Waals surface area (Å²) in [4.78, 5) is 4.01. The molecule has 2 N–H and O–H groups in total. The van der Waals surface area contributed by atoms with Crippen molar-refractivity contribution in [2.24, 2.45) is 0 Å². The first-order valence-corrected chi connectivity index (χ1v) is 4.11. The Morgan fingerprint density at radius 2 is 2.42 bits per heavy atom. The van der Waals surface area contributed by atoms with Crippen molar-refractivity contribution in [1.82, 2.24) is 4.98 Å². The average Bonchev–Trinajstić information content (AvgIpc) is 2.89. The summed E-state index contributed by atoms with van der Waals surface area (Å²) in [6.07, 6.45) is 7.32. The van der Waals surface area contributed by atoms with Gasteiger partial charge in [0.2, 0.25) is 0 Å². The monoisotopic (exact) mass is 161 g/mol. The minimum absolute atomic E-state index is 0.618. The summed E-state index contributed by atoms with van der Waals surface area (Å²) in [5.41, 5.74) is 1.90. The van der Waals surface area contributed by atoms with Gasteiger partial charge in [-0.25, -0.2) is 0 Å². The number of aromatic nitrogens is 1. The summed E-state index contributed by atoms with van der Waals surface area (Å²) in [6.45, 7) is 0. The molecule has 1 aliphatic carbocycles. The van der Waals surface area contributed by atoms with Crippen molar-refractivity contribution >= 4 is 11.9 Å². The van der Waals surface area contributed by atoms with Gasteiger partial charge in [0.25, 0.3) is 0 Å². The van der Waals surface area contributed by atoms with Crippen molar-refractivity contribution in [2.75, 3.05) is 5.32 Å². The van der Waals surface area contributed by atoms with Crippen LogP contribution < -0.4 is 5.32 Å². The highest BCUT2D eigenvalue weighted by Crippen LogP contribution is 2.25. The van der Waals surface area contributed by atoms with Gasteiger partial charge >= 0.3 is 0 Å².